The van der Waals surface area contributed by atoms with E-state index >= 15 is 0 Å². The maximum Gasteiger partial charge on any atom is 0.175 e. The van der Waals surface area contributed by atoms with Crippen molar-refractivity contribution in [2.24, 2.45) is 0 Å². The summed E-state index contributed by atoms with van der Waals surface area (Å²) in [6, 6.07) is 1.83. The molecular weight excluding hydrogens is 140 g/mol. The highest BCUT2D eigenvalue weighted by Gasteiger charge is 1.94. The van der Waals surface area contributed by atoms with Crippen molar-refractivity contribution in [1.29, 1.82) is 0 Å². The van der Waals surface area contributed by atoms with Crippen molar-refractivity contribution >= 4 is 11.7 Å². The Morgan fingerprint density at radius 2 is 2.45 bits per heavy atom. The molecule has 4 heteroatoms. The molecular formula is C7H6N4. The number of hydrogen-bond donors (Lipinski definition) is 0. The average molecular weight is 146 g/mol. The first-order valence-electron chi connectivity index (χ1n) is 3.19. The van der Waals surface area contributed by atoms with E-state index in [1.165, 1.54) is 0 Å². The SMILES string of the molecule is C=Cc1ccn2nncc2n1. The summed E-state index contributed by atoms with van der Waals surface area (Å²) in [6.45, 7) is 3.61. The number of hydrogen-bond acceptors (Lipinski definition) is 3. The molecule has 0 saturated heterocycles. The van der Waals surface area contributed by atoms with Gasteiger partial charge in [-0.2, -0.15) is 0 Å². The zero-order valence-corrected chi connectivity index (χ0v) is 5.81. The first-order chi connectivity index (χ1) is 5.40. The molecule has 0 fully saturated rings. The van der Waals surface area contributed by atoms with Gasteiger partial charge in [-0.25, -0.2) is 9.50 Å². The number of fused-ring (bicyclic) bond motifs is 1. The normalized spacial score (nSPS) is 10.2. The molecule has 0 radical (unpaired) electrons. The summed E-state index contributed by atoms with van der Waals surface area (Å²) in [5.41, 5.74) is 1.57. The summed E-state index contributed by atoms with van der Waals surface area (Å²) in [7, 11) is 0. The molecule has 0 saturated carbocycles. The molecule has 4 nitrogen and oxygen atoms in total. The van der Waals surface area contributed by atoms with Gasteiger partial charge in [0.15, 0.2) is 5.65 Å². The largest absolute Gasteiger partial charge is 0.228 e. The summed E-state index contributed by atoms with van der Waals surface area (Å²) in [5, 5.41) is 7.46. The molecule has 0 aliphatic heterocycles. The molecule has 0 amide bonds. The van der Waals surface area contributed by atoms with Crippen molar-refractivity contribution in [1.82, 2.24) is 19.8 Å². The molecule has 0 unspecified atom stereocenters. The van der Waals surface area contributed by atoms with Gasteiger partial charge in [-0.15, -0.1) is 5.10 Å². The van der Waals surface area contributed by atoms with Crippen LogP contribution in [0.5, 0.6) is 0 Å². The third-order valence-electron chi connectivity index (χ3n) is 1.40. The lowest BCUT2D eigenvalue weighted by atomic mass is 10.4. The van der Waals surface area contributed by atoms with Gasteiger partial charge in [0.1, 0.15) is 0 Å². The zero-order valence-electron chi connectivity index (χ0n) is 5.81. The highest BCUT2D eigenvalue weighted by atomic mass is 15.4. The summed E-state index contributed by atoms with van der Waals surface area (Å²) < 4.78 is 1.60. The molecule has 0 atom stereocenters. The molecule has 0 N–H and O–H groups in total. The topological polar surface area (TPSA) is 43.1 Å². The standard InChI is InChI=1S/C7H6N4/c1-2-6-3-4-11-7(9-6)5-8-10-11/h2-5H,1H2. The molecule has 0 spiro atoms. The Bertz CT molecular complexity index is 390. The maximum absolute atomic E-state index is 4.17. The second-order valence-electron chi connectivity index (χ2n) is 2.09. The predicted octanol–water partition coefficient (Wildman–Crippen LogP) is 0.767. The fraction of sp³-hybridized carbons (Fsp3) is 0. The van der Waals surface area contributed by atoms with Gasteiger partial charge in [0.2, 0.25) is 0 Å². The molecule has 2 aromatic rings. The average Bonchev–Trinajstić information content (AvgIpc) is 2.50. The van der Waals surface area contributed by atoms with Crippen LogP contribution in [0.1, 0.15) is 5.69 Å². The third-order valence-corrected chi connectivity index (χ3v) is 1.40. The van der Waals surface area contributed by atoms with E-state index in [1.807, 2.05) is 6.07 Å². The van der Waals surface area contributed by atoms with Gasteiger partial charge >= 0.3 is 0 Å². The lowest BCUT2D eigenvalue weighted by molar-refractivity contribution is 0.846. The van der Waals surface area contributed by atoms with E-state index in [4.69, 9.17) is 0 Å². The van der Waals surface area contributed by atoms with E-state index in [0.29, 0.717) is 0 Å². The van der Waals surface area contributed by atoms with Gasteiger partial charge in [-0.1, -0.05) is 11.8 Å². The minimum atomic E-state index is 0.738. The van der Waals surface area contributed by atoms with Crippen LogP contribution in [0.3, 0.4) is 0 Å². The molecule has 0 aliphatic carbocycles. The molecule has 54 valence electrons. The molecule has 0 aromatic carbocycles. The summed E-state index contributed by atoms with van der Waals surface area (Å²) in [6.07, 6.45) is 5.09. The Morgan fingerprint density at radius 3 is 3.27 bits per heavy atom. The van der Waals surface area contributed by atoms with Gasteiger partial charge in [0.05, 0.1) is 11.9 Å². The van der Waals surface area contributed by atoms with E-state index < -0.39 is 0 Å². The predicted molar refractivity (Wildman–Crippen MR) is 40.9 cm³/mol. The molecule has 2 aromatic heterocycles. The summed E-state index contributed by atoms with van der Waals surface area (Å²) in [4.78, 5) is 4.17. The van der Waals surface area contributed by atoms with Crippen LogP contribution in [0.15, 0.2) is 25.0 Å². The minimum Gasteiger partial charge on any atom is -0.228 e. The molecule has 0 aliphatic rings. The van der Waals surface area contributed by atoms with Crippen molar-refractivity contribution in [3.63, 3.8) is 0 Å². The Labute approximate surface area is 63.2 Å². The van der Waals surface area contributed by atoms with Crippen LogP contribution < -0.4 is 0 Å². The van der Waals surface area contributed by atoms with Gasteiger partial charge in [0, 0.05) is 6.20 Å². The van der Waals surface area contributed by atoms with Crippen LogP contribution in [0.4, 0.5) is 0 Å². The molecule has 2 rings (SSSR count). The summed E-state index contributed by atoms with van der Waals surface area (Å²) >= 11 is 0. The van der Waals surface area contributed by atoms with Gasteiger partial charge in [0.25, 0.3) is 0 Å². The van der Waals surface area contributed by atoms with Crippen LogP contribution >= 0.6 is 0 Å². The van der Waals surface area contributed by atoms with Crippen molar-refractivity contribution in [2.45, 2.75) is 0 Å². The van der Waals surface area contributed by atoms with E-state index in [2.05, 4.69) is 21.9 Å². The van der Waals surface area contributed by atoms with Crippen molar-refractivity contribution in [3.8, 4) is 0 Å². The second kappa shape index (κ2) is 2.16. The van der Waals surface area contributed by atoms with E-state index in [0.717, 1.165) is 11.3 Å². The lowest BCUT2D eigenvalue weighted by Crippen LogP contribution is -1.90. The smallest absolute Gasteiger partial charge is 0.175 e. The highest BCUT2D eigenvalue weighted by Crippen LogP contribution is 1.99. The molecule has 2 heterocycles. The number of nitrogens with zero attached hydrogens (tertiary/aromatic N) is 4. The first-order valence-corrected chi connectivity index (χ1v) is 3.19. The number of rotatable bonds is 1. The number of aromatic nitrogens is 4. The quantitative estimate of drug-likeness (QED) is 0.596. The van der Waals surface area contributed by atoms with E-state index in [9.17, 15) is 0 Å². The monoisotopic (exact) mass is 146 g/mol. The fourth-order valence-corrected chi connectivity index (χ4v) is 0.855. The van der Waals surface area contributed by atoms with Crippen LogP contribution in [-0.2, 0) is 0 Å². The van der Waals surface area contributed by atoms with Gasteiger partial charge in [-0.05, 0) is 12.1 Å². The molecule has 0 bridgehead atoms. The minimum absolute atomic E-state index is 0.738. The second-order valence-corrected chi connectivity index (χ2v) is 2.09. The van der Waals surface area contributed by atoms with Crippen molar-refractivity contribution in [2.75, 3.05) is 0 Å². The van der Waals surface area contributed by atoms with Crippen LogP contribution in [0, 0.1) is 0 Å². The molecule has 11 heavy (non-hydrogen) atoms. The Kier molecular flexibility index (Phi) is 1.18. The van der Waals surface area contributed by atoms with Crippen LogP contribution in [0.2, 0.25) is 0 Å². The Morgan fingerprint density at radius 1 is 1.55 bits per heavy atom. The van der Waals surface area contributed by atoms with Gasteiger partial charge < -0.3 is 0 Å². The Hall–Kier alpha value is -1.71. The third kappa shape index (κ3) is 0.881. The van der Waals surface area contributed by atoms with Crippen molar-refractivity contribution < 1.29 is 0 Å². The summed E-state index contributed by atoms with van der Waals surface area (Å²) in [5.74, 6) is 0. The Balaban J connectivity index is 2.76. The first kappa shape index (κ1) is 6.03. The van der Waals surface area contributed by atoms with Crippen molar-refractivity contribution in [3.05, 3.63) is 30.7 Å². The maximum atomic E-state index is 4.17. The fourth-order valence-electron chi connectivity index (χ4n) is 0.855. The van der Waals surface area contributed by atoms with Crippen LogP contribution in [-0.4, -0.2) is 19.8 Å². The van der Waals surface area contributed by atoms with E-state index in [-0.39, 0.29) is 0 Å². The van der Waals surface area contributed by atoms with Crippen LogP contribution in [0.25, 0.3) is 11.7 Å². The lowest BCUT2D eigenvalue weighted by Gasteiger charge is -1.91. The van der Waals surface area contributed by atoms with Gasteiger partial charge in [-0.3, -0.25) is 0 Å². The highest BCUT2D eigenvalue weighted by molar-refractivity contribution is 5.46. The zero-order chi connectivity index (χ0) is 7.68. The van der Waals surface area contributed by atoms with E-state index in [1.54, 1.807) is 23.0 Å².